The topological polar surface area (TPSA) is 85.8 Å². The predicted octanol–water partition coefficient (Wildman–Crippen LogP) is 2.93. The van der Waals surface area contributed by atoms with Crippen molar-refractivity contribution in [2.24, 2.45) is 0 Å². The molecule has 0 spiro atoms. The number of aromatic nitrogens is 3. The van der Waals surface area contributed by atoms with Crippen molar-refractivity contribution in [3.63, 3.8) is 0 Å². The first-order valence-electron chi connectivity index (χ1n) is 8.83. The first-order chi connectivity index (χ1) is 13.5. The lowest BCUT2D eigenvalue weighted by atomic mass is 9.97. The number of aromatic carboxylic acids is 1. The lowest BCUT2D eigenvalue weighted by molar-refractivity contribution is 0.0678. The SMILES string of the molecule is O=C(O)c1c(F)c(=O)n2nc(C3CCOCC3)cc2n1Cc1ccc(Cl)cc1. The molecule has 9 heteroatoms. The summed E-state index contributed by atoms with van der Waals surface area (Å²) in [5.74, 6) is -2.77. The van der Waals surface area contributed by atoms with Crippen LogP contribution in [0.4, 0.5) is 4.39 Å². The van der Waals surface area contributed by atoms with E-state index in [4.69, 9.17) is 16.3 Å². The number of nitrogens with zero attached hydrogens (tertiary/aromatic N) is 3. The van der Waals surface area contributed by atoms with Crippen molar-refractivity contribution in [2.45, 2.75) is 25.3 Å². The van der Waals surface area contributed by atoms with Crippen LogP contribution in [-0.4, -0.2) is 38.5 Å². The molecule has 1 saturated heterocycles. The van der Waals surface area contributed by atoms with E-state index in [1.54, 1.807) is 30.3 Å². The Morgan fingerprint density at radius 1 is 1.29 bits per heavy atom. The lowest BCUT2D eigenvalue weighted by Gasteiger charge is -2.19. The highest BCUT2D eigenvalue weighted by Crippen LogP contribution is 2.27. The van der Waals surface area contributed by atoms with Gasteiger partial charge in [0, 0.05) is 36.8 Å². The summed E-state index contributed by atoms with van der Waals surface area (Å²) in [5, 5.41) is 14.4. The molecule has 2 aromatic heterocycles. The van der Waals surface area contributed by atoms with E-state index in [2.05, 4.69) is 5.10 Å². The molecule has 1 aromatic carbocycles. The molecule has 1 fully saturated rings. The number of hydrogen-bond donors (Lipinski definition) is 1. The van der Waals surface area contributed by atoms with Gasteiger partial charge in [-0.3, -0.25) is 4.79 Å². The van der Waals surface area contributed by atoms with E-state index >= 15 is 0 Å². The molecule has 28 heavy (non-hydrogen) atoms. The van der Waals surface area contributed by atoms with Gasteiger partial charge in [0.05, 0.1) is 5.69 Å². The third kappa shape index (κ3) is 3.29. The molecule has 4 rings (SSSR count). The third-order valence-electron chi connectivity index (χ3n) is 4.94. The fraction of sp³-hybridized carbons (Fsp3) is 0.316. The van der Waals surface area contributed by atoms with E-state index in [0.29, 0.717) is 29.5 Å². The molecule has 0 saturated carbocycles. The second-order valence-electron chi connectivity index (χ2n) is 6.71. The van der Waals surface area contributed by atoms with Gasteiger partial charge in [0.1, 0.15) is 5.65 Å². The maximum absolute atomic E-state index is 14.6. The van der Waals surface area contributed by atoms with Crippen LogP contribution in [0.3, 0.4) is 0 Å². The number of hydrogen-bond acceptors (Lipinski definition) is 4. The summed E-state index contributed by atoms with van der Waals surface area (Å²) in [4.78, 5) is 24.1. The fourth-order valence-corrected chi connectivity index (χ4v) is 3.62. The molecule has 0 bridgehead atoms. The number of halogens is 2. The van der Waals surface area contributed by atoms with Gasteiger partial charge in [-0.2, -0.15) is 14.0 Å². The summed E-state index contributed by atoms with van der Waals surface area (Å²) < 4.78 is 22.2. The first-order valence-corrected chi connectivity index (χ1v) is 9.21. The minimum atomic E-state index is -1.51. The van der Waals surface area contributed by atoms with Gasteiger partial charge in [0.2, 0.25) is 5.82 Å². The summed E-state index contributed by atoms with van der Waals surface area (Å²) >= 11 is 5.90. The molecule has 3 aromatic rings. The van der Waals surface area contributed by atoms with Crippen molar-refractivity contribution >= 4 is 23.2 Å². The number of benzene rings is 1. The van der Waals surface area contributed by atoms with Crippen LogP contribution >= 0.6 is 11.6 Å². The van der Waals surface area contributed by atoms with Gasteiger partial charge in [-0.1, -0.05) is 23.7 Å². The molecule has 0 atom stereocenters. The Labute approximate surface area is 163 Å². The molecule has 0 unspecified atom stereocenters. The van der Waals surface area contributed by atoms with Crippen LogP contribution in [0, 0.1) is 5.82 Å². The normalized spacial score (nSPS) is 15.2. The molecule has 0 aliphatic carbocycles. The summed E-state index contributed by atoms with van der Waals surface area (Å²) in [7, 11) is 0. The first kappa shape index (κ1) is 18.6. The van der Waals surface area contributed by atoms with Gasteiger partial charge in [0.15, 0.2) is 5.69 Å². The van der Waals surface area contributed by atoms with Crippen molar-refractivity contribution in [3.8, 4) is 0 Å². The summed E-state index contributed by atoms with van der Waals surface area (Å²) in [6.45, 7) is 1.23. The van der Waals surface area contributed by atoms with Gasteiger partial charge in [0.25, 0.3) is 0 Å². The Kier molecular flexibility index (Phi) is 4.91. The largest absolute Gasteiger partial charge is 0.476 e. The zero-order valence-electron chi connectivity index (χ0n) is 14.8. The summed E-state index contributed by atoms with van der Waals surface area (Å²) in [6.07, 6.45) is 1.48. The quantitative estimate of drug-likeness (QED) is 0.721. The van der Waals surface area contributed by atoms with Gasteiger partial charge in [-0.25, -0.2) is 4.79 Å². The highest BCUT2D eigenvalue weighted by Gasteiger charge is 2.26. The summed E-state index contributed by atoms with van der Waals surface area (Å²) in [6, 6.07) is 8.43. The molecule has 7 nitrogen and oxygen atoms in total. The fourth-order valence-electron chi connectivity index (χ4n) is 3.49. The van der Waals surface area contributed by atoms with Crippen molar-refractivity contribution < 1.29 is 19.0 Å². The Morgan fingerprint density at radius 2 is 1.96 bits per heavy atom. The van der Waals surface area contributed by atoms with Crippen LogP contribution in [0.15, 0.2) is 35.1 Å². The van der Waals surface area contributed by atoms with E-state index in [1.165, 1.54) is 4.57 Å². The van der Waals surface area contributed by atoms with E-state index in [-0.39, 0.29) is 18.1 Å². The molecule has 0 radical (unpaired) electrons. The van der Waals surface area contributed by atoms with Crippen LogP contribution in [0.2, 0.25) is 5.02 Å². The Morgan fingerprint density at radius 3 is 2.61 bits per heavy atom. The second-order valence-corrected chi connectivity index (χ2v) is 7.15. The number of carboxylic acids is 1. The molecule has 0 amide bonds. The average molecular weight is 406 g/mol. The van der Waals surface area contributed by atoms with E-state index in [1.807, 2.05) is 0 Å². The van der Waals surface area contributed by atoms with Crippen LogP contribution in [-0.2, 0) is 11.3 Å². The molecular weight excluding hydrogens is 389 g/mol. The molecule has 3 heterocycles. The van der Waals surface area contributed by atoms with Crippen LogP contribution < -0.4 is 5.56 Å². The highest BCUT2D eigenvalue weighted by atomic mass is 35.5. The Bertz CT molecular complexity index is 1100. The minimum Gasteiger partial charge on any atom is -0.476 e. The maximum atomic E-state index is 14.6. The highest BCUT2D eigenvalue weighted by molar-refractivity contribution is 6.30. The molecule has 146 valence electrons. The standard InChI is InChI=1S/C19H17ClFN3O4/c20-13-3-1-11(2-4-13)10-23-15-9-14(12-5-7-28-8-6-12)22-24(15)18(25)16(21)17(23)19(26)27/h1-4,9,12H,5-8,10H2,(H,26,27). The number of carboxylic acid groups (broad SMARTS) is 1. The lowest BCUT2D eigenvalue weighted by Crippen LogP contribution is -2.28. The number of carbonyl (C=O) groups is 1. The number of ether oxygens (including phenoxy) is 1. The smallest absolute Gasteiger partial charge is 0.355 e. The second kappa shape index (κ2) is 7.37. The van der Waals surface area contributed by atoms with E-state index in [0.717, 1.165) is 17.4 Å². The molecule has 1 aliphatic heterocycles. The maximum Gasteiger partial charge on any atom is 0.355 e. The zero-order chi connectivity index (χ0) is 19.8. The summed E-state index contributed by atoms with van der Waals surface area (Å²) in [5.41, 5.74) is -0.179. The van der Waals surface area contributed by atoms with Crippen LogP contribution in [0.1, 0.15) is 40.5 Å². The third-order valence-corrected chi connectivity index (χ3v) is 5.19. The van der Waals surface area contributed by atoms with Crippen molar-refractivity contribution in [1.82, 2.24) is 14.2 Å². The molecule has 1 N–H and O–H groups in total. The van der Waals surface area contributed by atoms with Crippen LogP contribution in [0.25, 0.3) is 5.65 Å². The average Bonchev–Trinajstić information content (AvgIpc) is 3.14. The number of rotatable bonds is 4. The monoisotopic (exact) mass is 405 g/mol. The van der Waals surface area contributed by atoms with Gasteiger partial charge in [-0.15, -0.1) is 0 Å². The Balaban J connectivity index is 1.90. The van der Waals surface area contributed by atoms with E-state index in [9.17, 15) is 19.1 Å². The van der Waals surface area contributed by atoms with Gasteiger partial charge >= 0.3 is 11.5 Å². The van der Waals surface area contributed by atoms with Crippen molar-refractivity contribution in [1.29, 1.82) is 0 Å². The number of fused-ring (bicyclic) bond motifs is 1. The predicted molar refractivity (Wildman–Crippen MR) is 99.7 cm³/mol. The van der Waals surface area contributed by atoms with Crippen LogP contribution in [0.5, 0.6) is 0 Å². The van der Waals surface area contributed by atoms with Gasteiger partial charge < -0.3 is 14.4 Å². The molecule has 1 aliphatic rings. The minimum absolute atomic E-state index is 0.0540. The zero-order valence-corrected chi connectivity index (χ0v) is 15.5. The molecular formula is C19H17ClFN3O4. The van der Waals surface area contributed by atoms with Gasteiger partial charge in [-0.05, 0) is 30.5 Å². The van der Waals surface area contributed by atoms with Crippen molar-refractivity contribution in [2.75, 3.05) is 13.2 Å². The Hall–Kier alpha value is -2.71. The van der Waals surface area contributed by atoms with E-state index < -0.39 is 23.0 Å². The van der Waals surface area contributed by atoms with Crippen molar-refractivity contribution in [3.05, 3.63) is 68.5 Å².